The van der Waals surface area contributed by atoms with Crippen molar-refractivity contribution in [2.75, 3.05) is 97.2 Å². The van der Waals surface area contributed by atoms with Crippen molar-refractivity contribution in [1.29, 1.82) is 0 Å². The number of carbonyl (C=O) groups excluding carboxylic acids is 3. The fourth-order valence-corrected chi connectivity index (χ4v) is 11.4. The van der Waals surface area contributed by atoms with Crippen LogP contribution in [0.15, 0.2) is 0 Å². The van der Waals surface area contributed by atoms with E-state index in [-0.39, 0.29) is 46.6 Å². The van der Waals surface area contributed by atoms with E-state index in [2.05, 4.69) is 0 Å². The molecule has 0 aliphatic carbocycles. The minimum atomic E-state index is -0.836. The number of hydrogen-bond acceptors (Lipinski definition) is 17. The van der Waals surface area contributed by atoms with Gasteiger partial charge in [0.05, 0.1) is 29.1 Å². The molecule has 8 nitrogen and oxygen atoms in total. The van der Waals surface area contributed by atoms with Gasteiger partial charge in [0.25, 0.3) is 0 Å². The van der Waals surface area contributed by atoms with Crippen LogP contribution in [0.3, 0.4) is 0 Å². The van der Waals surface area contributed by atoms with Crippen LogP contribution in [-0.4, -0.2) is 129 Å². The summed E-state index contributed by atoms with van der Waals surface area (Å²) in [5.74, 6) is 7.40. The maximum atomic E-state index is 12.1. The molecule has 0 saturated heterocycles. The lowest BCUT2D eigenvalue weighted by Crippen LogP contribution is -2.12. The van der Waals surface area contributed by atoms with Crippen molar-refractivity contribution < 1.29 is 38.6 Å². The molecule has 0 aromatic heterocycles. The van der Waals surface area contributed by atoms with Crippen LogP contribution in [-0.2, 0) is 35.0 Å². The van der Waals surface area contributed by atoms with Gasteiger partial charge in [-0.3, -0.25) is 14.4 Å². The third kappa shape index (κ3) is 30.9. The van der Waals surface area contributed by atoms with Crippen molar-refractivity contribution in [2.24, 2.45) is 0 Å². The molecule has 1 unspecified atom stereocenters. The lowest BCUT2D eigenvalue weighted by atomic mass is 10.8. The molecular formula is C20H36O8S10. The quantitative estimate of drug-likeness (QED) is 0.0526. The second-order valence-corrected chi connectivity index (χ2v) is 18.3. The van der Waals surface area contributed by atoms with Crippen molar-refractivity contribution in [3.8, 4) is 0 Å². The van der Waals surface area contributed by atoms with Crippen LogP contribution < -0.4 is 0 Å². The average Bonchev–Trinajstić information content (AvgIpc) is 2.89. The van der Waals surface area contributed by atoms with Crippen molar-refractivity contribution in [3.63, 3.8) is 0 Å². The largest absolute Gasteiger partial charge is 0.616 e. The van der Waals surface area contributed by atoms with Gasteiger partial charge in [-0.25, -0.2) is 0 Å². The number of esters is 2. The van der Waals surface area contributed by atoms with Crippen molar-refractivity contribution in [3.05, 3.63) is 0 Å². The number of hydrogen-bond donors (Lipinski definition) is 2. The fourth-order valence-electron chi connectivity index (χ4n) is 1.87. The van der Waals surface area contributed by atoms with Crippen LogP contribution in [0.1, 0.15) is 0 Å². The Balaban J connectivity index is 3.37. The minimum Gasteiger partial charge on any atom is -0.616 e. The van der Waals surface area contributed by atoms with E-state index < -0.39 is 11.2 Å². The smallest absolute Gasteiger partial charge is 0.316 e. The zero-order valence-electron chi connectivity index (χ0n) is 20.9. The van der Waals surface area contributed by atoms with Gasteiger partial charge in [0.2, 0.25) is 0 Å². The lowest BCUT2D eigenvalue weighted by molar-refractivity contribution is -0.139. The van der Waals surface area contributed by atoms with Crippen LogP contribution in [0.4, 0.5) is 0 Å². The summed E-state index contributed by atoms with van der Waals surface area (Å²) in [6.07, 6.45) is 0. The van der Waals surface area contributed by atoms with Gasteiger partial charge in [-0.1, -0.05) is 35.3 Å². The summed E-state index contributed by atoms with van der Waals surface area (Å²) in [5, 5.41) is 18.7. The Hall–Kier alpha value is 1.99. The Morgan fingerprint density at radius 2 is 1.13 bits per heavy atom. The number of carbonyl (C=O) groups is 3. The molecule has 0 aromatic carbocycles. The Morgan fingerprint density at radius 3 is 1.71 bits per heavy atom. The van der Waals surface area contributed by atoms with E-state index in [1.165, 1.54) is 35.3 Å². The number of rotatable bonds is 28. The summed E-state index contributed by atoms with van der Waals surface area (Å²) in [7, 11) is 0. The van der Waals surface area contributed by atoms with Crippen molar-refractivity contribution in [2.45, 2.75) is 0 Å². The topological polar surface area (TPSA) is 133 Å². The van der Waals surface area contributed by atoms with E-state index in [1.807, 2.05) is 0 Å². The van der Waals surface area contributed by atoms with Crippen LogP contribution >= 0.6 is 106 Å². The highest BCUT2D eigenvalue weighted by atomic mass is 32.3. The predicted octanol–water partition coefficient (Wildman–Crippen LogP) is 3.68. The monoisotopic (exact) mass is 724 g/mol. The van der Waals surface area contributed by atoms with Gasteiger partial charge >= 0.3 is 11.9 Å². The second kappa shape index (κ2) is 31.9. The van der Waals surface area contributed by atoms with Gasteiger partial charge in [-0.15, -0.1) is 47.0 Å². The molecule has 0 spiro atoms. The van der Waals surface area contributed by atoms with Gasteiger partial charge in [0.15, 0.2) is 10.2 Å². The Kier molecular flexibility index (Phi) is 33.6. The van der Waals surface area contributed by atoms with E-state index in [0.29, 0.717) is 22.3 Å². The molecule has 0 aliphatic heterocycles. The van der Waals surface area contributed by atoms with Crippen LogP contribution in [0, 0.1) is 0 Å². The van der Waals surface area contributed by atoms with E-state index in [1.54, 1.807) is 47.0 Å². The first-order valence-electron chi connectivity index (χ1n) is 11.1. The first kappa shape index (κ1) is 40.0. The summed E-state index contributed by atoms with van der Waals surface area (Å²) in [6.45, 7) is 0. The van der Waals surface area contributed by atoms with Crippen LogP contribution in [0.5, 0.6) is 0 Å². The predicted molar refractivity (Wildman–Crippen MR) is 181 cm³/mol. The zero-order chi connectivity index (χ0) is 28.1. The maximum Gasteiger partial charge on any atom is 0.316 e. The van der Waals surface area contributed by atoms with Crippen molar-refractivity contribution in [1.82, 2.24) is 0 Å². The molecule has 224 valence electrons. The van der Waals surface area contributed by atoms with E-state index >= 15 is 0 Å². The summed E-state index contributed by atoms with van der Waals surface area (Å²) < 4.78 is 21.9. The minimum absolute atomic E-state index is 0.0591. The molecule has 1 atom stereocenters. The Morgan fingerprint density at radius 1 is 0.632 bits per heavy atom. The number of thioether (sulfide) groups is 9. The highest BCUT2D eigenvalue weighted by Gasteiger charge is 2.08. The zero-order valence-corrected chi connectivity index (χ0v) is 29.1. The summed E-state index contributed by atoms with van der Waals surface area (Å²) in [6, 6.07) is 0. The molecule has 0 radical (unpaired) electrons. The molecule has 2 N–H and O–H groups in total. The average molecular weight is 725 g/mol. The second-order valence-electron chi connectivity index (χ2n) is 6.42. The normalized spacial score (nSPS) is 11.9. The molecule has 0 saturated carbocycles. The molecule has 18 heteroatoms. The Bertz CT molecular complexity index is 594. The van der Waals surface area contributed by atoms with Gasteiger partial charge in [0, 0.05) is 45.4 Å². The highest BCUT2D eigenvalue weighted by molar-refractivity contribution is 8.25. The highest BCUT2D eigenvalue weighted by Crippen LogP contribution is 2.19. The maximum absolute atomic E-state index is 12.1. The Labute approximate surface area is 267 Å². The molecule has 0 aliphatic rings. The van der Waals surface area contributed by atoms with E-state index in [4.69, 9.17) is 19.7 Å². The van der Waals surface area contributed by atoms with Gasteiger partial charge in [-0.2, -0.15) is 23.5 Å². The third-order valence-corrected chi connectivity index (χ3v) is 14.5. The number of ether oxygens (including phenoxy) is 2. The molecule has 0 bridgehead atoms. The van der Waals surface area contributed by atoms with E-state index in [9.17, 15) is 18.9 Å². The fraction of sp³-hybridized carbons (Fsp3) is 0.850. The molecule has 0 aromatic rings. The summed E-state index contributed by atoms with van der Waals surface area (Å²) in [5.41, 5.74) is 0. The van der Waals surface area contributed by atoms with Gasteiger partial charge in [-0.05, 0) is 11.2 Å². The SMILES string of the molecule is O=C(CSCCSCC[S+]([O-])CSCCSCSC(=O)CSCCSCC(=O)OCSCO)OCSCO. The number of aliphatic hydroxyl groups is 2. The van der Waals surface area contributed by atoms with Gasteiger partial charge in [0.1, 0.15) is 17.6 Å². The molecule has 0 fully saturated rings. The molecule has 38 heavy (non-hydrogen) atoms. The number of aliphatic hydroxyl groups excluding tert-OH is 2. The molecule has 0 amide bonds. The first-order valence-corrected chi connectivity index (χ1v) is 22.9. The molecule has 0 rings (SSSR count). The summed E-state index contributed by atoms with van der Waals surface area (Å²) in [4.78, 5) is 34.7. The third-order valence-electron chi connectivity index (χ3n) is 3.54. The molecular weight excluding hydrogens is 689 g/mol. The van der Waals surface area contributed by atoms with Gasteiger partial charge < -0.3 is 24.2 Å². The van der Waals surface area contributed by atoms with Crippen LogP contribution in [0.2, 0.25) is 0 Å². The standard InChI is InChI=1S/C20H36O8S10/c21-12-35-14-27-18(23)9-30-2-1-29-7-8-38(26)17-34-6-5-33-16-37-20(25)11-32-4-3-31-10-19(24)28-15-36-13-22/h21-22H,1-17H2. The molecule has 0 heterocycles. The van der Waals surface area contributed by atoms with Crippen LogP contribution in [0.25, 0.3) is 0 Å². The summed E-state index contributed by atoms with van der Waals surface area (Å²) >= 11 is 12.5. The van der Waals surface area contributed by atoms with Crippen molar-refractivity contribution >= 4 is 134 Å². The van der Waals surface area contributed by atoms with E-state index in [0.717, 1.165) is 68.9 Å². The lowest BCUT2D eigenvalue weighted by Gasteiger charge is -2.10. The first-order chi connectivity index (χ1) is 18.5.